The molecule has 18 heavy (non-hydrogen) atoms. The van der Waals surface area contributed by atoms with Gasteiger partial charge in [0.05, 0.1) is 12.8 Å². The van der Waals surface area contributed by atoms with Crippen LogP contribution in [0.1, 0.15) is 16.1 Å². The molecule has 0 aliphatic carbocycles. The minimum absolute atomic E-state index is 0.0237. The van der Waals surface area contributed by atoms with E-state index in [1.54, 1.807) is 0 Å². The number of pyridine rings is 1. The summed E-state index contributed by atoms with van der Waals surface area (Å²) in [5, 5.41) is 8.77. The number of halogens is 3. The summed E-state index contributed by atoms with van der Waals surface area (Å²) in [4.78, 5) is 14.2. The number of carboxylic acid groups (broad SMARTS) is 1. The molecule has 0 aliphatic rings. The molecule has 0 amide bonds. The Morgan fingerprint density at radius 1 is 1.56 bits per heavy atom. The van der Waals surface area contributed by atoms with Crippen LogP contribution < -0.4 is 15.2 Å². The fourth-order valence-corrected chi connectivity index (χ4v) is 1.18. The van der Waals surface area contributed by atoms with Gasteiger partial charge in [0, 0.05) is 12.6 Å². The van der Waals surface area contributed by atoms with Crippen LogP contribution in [0.5, 0.6) is 11.6 Å². The van der Waals surface area contributed by atoms with Gasteiger partial charge in [0.1, 0.15) is 11.3 Å². The molecule has 0 radical (unpaired) electrons. The van der Waals surface area contributed by atoms with E-state index in [0.29, 0.717) is 0 Å². The molecule has 0 spiro atoms. The molecule has 0 saturated heterocycles. The fourth-order valence-electron chi connectivity index (χ4n) is 1.18. The summed E-state index contributed by atoms with van der Waals surface area (Å²) < 4.78 is 44.6. The van der Waals surface area contributed by atoms with Crippen LogP contribution in [0.25, 0.3) is 0 Å². The number of rotatable bonds is 4. The normalized spacial score (nSPS) is 11.2. The van der Waals surface area contributed by atoms with Crippen molar-refractivity contribution < 1.29 is 32.5 Å². The van der Waals surface area contributed by atoms with Crippen molar-refractivity contribution in [3.8, 4) is 11.6 Å². The largest absolute Gasteiger partial charge is 0.574 e. The molecular formula is C9H9F3N2O4. The number of hydrogen-bond acceptors (Lipinski definition) is 5. The SMILES string of the molecule is COc1cc(C(=O)O)c(OC(F)(F)F)nc1CN. The molecule has 9 heteroatoms. The number of carbonyl (C=O) groups is 1. The summed E-state index contributed by atoms with van der Waals surface area (Å²) in [6.07, 6.45) is -5.04. The van der Waals surface area contributed by atoms with Gasteiger partial charge in [-0.05, 0) is 0 Å². The Kier molecular flexibility index (Phi) is 3.96. The molecule has 1 aromatic heterocycles. The van der Waals surface area contributed by atoms with Crippen molar-refractivity contribution in [1.82, 2.24) is 4.98 Å². The average Bonchev–Trinajstić information content (AvgIpc) is 2.25. The second kappa shape index (κ2) is 5.08. The Morgan fingerprint density at radius 3 is 2.56 bits per heavy atom. The number of hydrogen-bond donors (Lipinski definition) is 2. The quantitative estimate of drug-likeness (QED) is 0.848. The summed E-state index contributed by atoms with van der Waals surface area (Å²) in [7, 11) is 1.21. The molecule has 3 N–H and O–H groups in total. The van der Waals surface area contributed by atoms with Gasteiger partial charge in [-0.1, -0.05) is 0 Å². The second-order valence-electron chi connectivity index (χ2n) is 3.05. The lowest BCUT2D eigenvalue weighted by Gasteiger charge is -2.13. The third kappa shape index (κ3) is 3.23. The highest BCUT2D eigenvalue weighted by Gasteiger charge is 2.34. The number of alkyl halides is 3. The molecule has 6 nitrogen and oxygen atoms in total. The molecule has 1 rings (SSSR count). The molecule has 1 aromatic rings. The Morgan fingerprint density at radius 2 is 2.17 bits per heavy atom. The van der Waals surface area contributed by atoms with Crippen LogP contribution in [0.2, 0.25) is 0 Å². The third-order valence-electron chi connectivity index (χ3n) is 1.88. The van der Waals surface area contributed by atoms with E-state index in [4.69, 9.17) is 15.6 Å². The van der Waals surface area contributed by atoms with E-state index in [0.717, 1.165) is 6.07 Å². The minimum atomic E-state index is -5.04. The predicted octanol–water partition coefficient (Wildman–Crippen LogP) is 1.15. The first-order chi connectivity index (χ1) is 8.28. The van der Waals surface area contributed by atoms with Gasteiger partial charge in [0.2, 0.25) is 5.88 Å². The van der Waals surface area contributed by atoms with Gasteiger partial charge in [-0.2, -0.15) is 0 Å². The highest BCUT2D eigenvalue weighted by atomic mass is 19.4. The summed E-state index contributed by atoms with van der Waals surface area (Å²) in [6.45, 7) is -0.225. The first kappa shape index (κ1) is 14.0. The predicted molar refractivity (Wildman–Crippen MR) is 52.3 cm³/mol. The van der Waals surface area contributed by atoms with E-state index in [1.807, 2.05) is 0 Å². The molecule has 0 saturated carbocycles. The molecule has 0 aliphatic heterocycles. The van der Waals surface area contributed by atoms with Crippen molar-refractivity contribution in [3.05, 3.63) is 17.3 Å². The van der Waals surface area contributed by atoms with Crippen LogP contribution >= 0.6 is 0 Å². The van der Waals surface area contributed by atoms with E-state index < -0.39 is 23.8 Å². The third-order valence-corrected chi connectivity index (χ3v) is 1.88. The molecule has 0 atom stereocenters. The van der Waals surface area contributed by atoms with Crippen molar-refractivity contribution in [1.29, 1.82) is 0 Å². The number of ether oxygens (including phenoxy) is 2. The van der Waals surface area contributed by atoms with Crippen molar-refractivity contribution in [2.24, 2.45) is 5.73 Å². The van der Waals surface area contributed by atoms with Crippen molar-refractivity contribution in [2.45, 2.75) is 12.9 Å². The molecule has 1 heterocycles. The smallest absolute Gasteiger partial charge is 0.495 e. The first-order valence-electron chi connectivity index (χ1n) is 4.55. The molecule has 0 bridgehead atoms. The fraction of sp³-hybridized carbons (Fsp3) is 0.333. The number of aromatic carboxylic acids is 1. The zero-order valence-corrected chi connectivity index (χ0v) is 9.11. The summed E-state index contributed by atoms with van der Waals surface area (Å²) in [5.41, 5.74) is 4.46. The standard InChI is InChI=1S/C9H9F3N2O4/c1-17-6-2-4(8(15)16)7(14-5(6)3-13)18-9(10,11)12/h2H,3,13H2,1H3,(H,15,16). The van der Waals surface area contributed by atoms with Gasteiger partial charge in [0.25, 0.3) is 0 Å². The Labute approximate surface area is 99.1 Å². The van der Waals surface area contributed by atoms with Gasteiger partial charge in [-0.3, -0.25) is 0 Å². The molecule has 0 unspecified atom stereocenters. The lowest BCUT2D eigenvalue weighted by molar-refractivity contribution is -0.276. The van der Waals surface area contributed by atoms with Gasteiger partial charge in [-0.15, -0.1) is 13.2 Å². The molecule has 0 aromatic carbocycles. The van der Waals surface area contributed by atoms with E-state index in [9.17, 15) is 18.0 Å². The topological polar surface area (TPSA) is 94.7 Å². The second-order valence-corrected chi connectivity index (χ2v) is 3.05. The van der Waals surface area contributed by atoms with Crippen molar-refractivity contribution >= 4 is 5.97 Å². The van der Waals surface area contributed by atoms with Gasteiger partial charge < -0.3 is 20.3 Å². The number of methoxy groups -OCH3 is 1. The molecule has 100 valence electrons. The zero-order chi connectivity index (χ0) is 13.9. The number of aromatic nitrogens is 1. The van der Waals surface area contributed by atoms with Crippen LogP contribution in [0.3, 0.4) is 0 Å². The highest BCUT2D eigenvalue weighted by molar-refractivity contribution is 5.90. The lowest BCUT2D eigenvalue weighted by atomic mass is 10.2. The number of nitrogens with zero attached hydrogens (tertiary/aromatic N) is 1. The maximum absolute atomic E-state index is 12.1. The monoisotopic (exact) mass is 266 g/mol. The average molecular weight is 266 g/mol. The minimum Gasteiger partial charge on any atom is -0.495 e. The number of carboxylic acids is 1. The maximum atomic E-state index is 12.1. The van der Waals surface area contributed by atoms with E-state index >= 15 is 0 Å². The Hall–Kier alpha value is -2.03. The number of nitrogens with two attached hydrogens (primary N) is 1. The zero-order valence-electron chi connectivity index (χ0n) is 9.11. The van der Waals surface area contributed by atoms with E-state index in [2.05, 4.69) is 9.72 Å². The summed E-state index contributed by atoms with van der Waals surface area (Å²) in [6, 6.07) is 0.874. The van der Waals surface area contributed by atoms with Gasteiger partial charge in [-0.25, -0.2) is 9.78 Å². The van der Waals surface area contributed by atoms with Crippen LogP contribution in [0.15, 0.2) is 6.07 Å². The van der Waals surface area contributed by atoms with Gasteiger partial charge >= 0.3 is 12.3 Å². The van der Waals surface area contributed by atoms with E-state index in [1.165, 1.54) is 7.11 Å². The van der Waals surface area contributed by atoms with Crippen LogP contribution in [-0.2, 0) is 6.54 Å². The molecule has 0 fully saturated rings. The van der Waals surface area contributed by atoms with Crippen molar-refractivity contribution in [3.63, 3.8) is 0 Å². The van der Waals surface area contributed by atoms with Crippen molar-refractivity contribution in [2.75, 3.05) is 7.11 Å². The summed E-state index contributed by atoms with van der Waals surface area (Å²) in [5.74, 6) is -2.72. The maximum Gasteiger partial charge on any atom is 0.574 e. The van der Waals surface area contributed by atoms with E-state index in [-0.39, 0.29) is 18.0 Å². The van der Waals surface area contributed by atoms with Crippen LogP contribution in [0.4, 0.5) is 13.2 Å². The van der Waals surface area contributed by atoms with Gasteiger partial charge in [0.15, 0.2) is 0 Å². The highest BCUT2D eigenvalue weighted by Crippen LogP contribution is 2.29. The Balaban J connectivity index is 3.33. The lowest BCUT2D eigenvalue weighted by Crippen LogP contribution is -2.21. The first-order valence-corrected chi connectivity index (χ1v) is 4.55. The molecular weight excluding hydrogens is 257 g/mol. The Bertz CT molecular complexity index is 462. The van der Waals surface area contributed by atoms with Crippen LogP contribution in [-0.4, -0.2) is 29.5 Å². The van der Waals surface area contributed by atoms with Crippen LogP contribution in [0, 0.1) is 0 Å². The summed E-state index contributed by atoms with van der Waals surface area (Å²) >= 11 is 0.